The SMILES string of the molecule is C=C(C)c1cccc2c1c1ncccc1c1nc3ccccc3n21. The third-order valence-corrected chi connectivity index (χ3v) is 4.59. The summed E-state index contributed by atoms with van der Waals surface area (Å²) >= 11 is 0. The molecule has 114 valence electrons. The lowest BCUT2D eigenvalue weighted by Crippen LogP contribution is -1.95. The number of aromatic nitrogens is 3. The molecule has 0 radical (unpaired) electrons. The van der Waals surface area contributed by atoms with Gasteiger partial charge in [0.05, 0.1) is 22.1 Å². The maximum atomic E-state index is 4.87. The predicted molar refractivity (Wildman–Crippen MR) is 100 cm³/mol. The average Bonchev–Trinajstić information content (AvgIpc) is 3.01. The molecule has 0 spiro atoms. The van der Waals surface area contributed by atoms with E-state index in [-0.39, 0.29) is 0 Å². The smallest absolute Gasteiger partial charge is 0.147 e. The highest BCUT2D eigenvalue weighted by molar-refractivity contribution is 6.15. The number of para-hydroxylation sites is 2. The molecular weight excluding hydrogens is 294 g/mol. The lowest BCUT2D eigenvalue weighted by molar-refractivity contribution is 1.30. The molecule has 3 aromatic heterocycles. The van der Waals surface area contributed by atoms with E-state index >= 15 is 0 Å². The van der Waals surface area contributed by atoms with Crippen molar-refractivity contribution < 1.29 is 0 Å². The van der Waals surface area contributed by atoms with Crippen molar-refractivity contribution in [2.75, 3.05) is 0 Å². The topological polar surface area (TPSA) is 30.2 Å². The van der Waals surface area contributed by atoms with E-state index in [1.807, 2.05) is 25.3 Å². The first-order valence-electron chi connectivity index (χ1n) is 7.98. The maximum Gasteiger partial charge on any atom is 0.147 e. The van der Waals surface area contributed by atoms with E-state index in [0.717, 1.165) is 49.6 Å². The van der Waals surface area contributed by atoms with Crippen LogP contribution in [0.15, 0.2) is 67.4 Å². The minimum absolute atomic E-state index is 0.950. The molecule has 3 heterocycles. The van der Waals surface area contributed by atoms with Crippen molar-refractivity contribution in [3.8, 4) is 0 Å². The Labute approximate surface area is 138 Å². The Bertz CT molecular complexity index is 1280. The molecule has 0 aliphatic carbocycles. The number of pyridine rings is 2. The van der Waals surface area contributed by atoms with E-state index in [2.05, 4.69) is 58.4 Å². The molecule has 0 amide bonds. The summed E-state index contributed by atoms with van der Waals surface area (Å²) in [5.74, 6) is 0. The van der Waals surface area contributed by atoms with E-state index in [1.54, 1.807) is 0 Å². The molecule has 24 heavy (non-hydrogen) atoms. The number of hydrogen-bond donors (Lipinski definition) is 0. The van der Waals surface area contributed by atoms with Crippen LogP contribution in [0.25, 0.3) is 44.1 Å². The second-order valence-corrected chi connectivity index (χ2v) is 6.14. The van der Waals surface area contributed by atoms with Crippen LogP contribution in [0.4, 0.5) is 0 Å². The lowest BCUT2D eigenvalue weighted by atomic mass is 10.0. The fourth-order valence-corrected chi connectivity index (χ4v) is 3.57. The van der Waals surface area contributed by atoms with Gasteiger partial charge in [0, 0.05) is 17.0 Å². The van der Waals surface area contributed by atoms with Crippen LogP contribution in [0.5, 0.6) is 0 Å². The summed E-state index contributed by atoms with van der Waals surface area (Å²) in [6.45, 7) is 6.20. The van der Waals surface area contributed by atoms with Gasteiger partial charge in [-0.15, -0.1) is 0 Å². The average molecular weight is 309 g/mol. The van der Waals surface area contributed by atoms with Crippen molar-refractivity contribution >= 4 is 44.1 Å². The van der Waals surface area contributed by atoms with Crippen molar-refractivity contribution in [1.29, 1.82) is 0 Å². The summed E-state index contributed by atoms with van der Waals surface area (Å²) in [5.41, 5.74) is 7.33. The van der Waals surface area contributed by atoms with Gasteiger partial charge in [0.1, 0.15) is 5.65 Å². The maximum absolute atomic E-state index is 4.87. The summed E-state index contributed by atoms with van der Waals surface area (Å²) in [4.78, 5) is 9.55. The van der Waals surface area contributed by atoms with Crippen LogP contribution in [0.2, 0.25) is 0 Å². The molecule has 0 atom stereocenters. The number of hydrogen-bond acceptors (Lipinski definition) is 2. The molecule has 5 aromatic rings. The van der Waals surface area contributed by atoms with Gasteiger partial charge in [0.15, 0.2) is 0 Å². The zero-order valence-corrected chi connectivity index (χ0v) is 13.3. The minimum atomic E-state index is 0.950. The Morgan fingerprint density at radius 1 is 0.958 bits per heavy atom. The van der Waals surface area contributed by atoms with Gasteiger partial charge in [-0.25, -0.2) is 4.98 Å². The van der Waals surface area contributed by atoms with Crippen LogP contribution < -0.4 is 0 Å². The molecule has 0 unspecified atom stereocenters. The standard InChI is InChI=1S/C21H15N3/c1-13(2)14-7-5-11-18-19(14)20-15(8-6-12-22-20)21-23-16-9-3-4-10-17(16)24(18)21/h3-12H,1H2,2H3. The van der Waals surface area contributed by atoms with Crippen LogP contribution in [0.3, 0.4) is 0 Å². The molecule has 0 fully saturated rings. The Kier molecular flexibility index (Phi) is 2.57. The number of allylic oxidation sites excluding steroid dienone is 1. The highest BCUT2D eigenvalue weighted by Crippen LogP contribution is 2.34. The third kappa shape index (κ3) is 1.61. The van der Waals surface area contributed by atoms with Gasteiger partial charge < -0.3 is 0 Å². The summed E-state index contributed by atoms with van der Waals surface area (Å²) in [5, 5.41) is 2.20. The first-order valence-corrected chi connectivity index (χ1v) is 7.98. The lowest BCUT2D eigenvalue weighted by Gasteiger charge is -2.12. The summed E-state index contributed by atoms with van der Waals surface area (Å²) < 4.78 is 2.24. The third-order valence-electron chi connectivity index (χ3n) is 4.59. The number of nitrogens with zero attached hydrogens (tertiary/aromatic N) is 3. The first kappa shape index (κ1) is 13.3. The number of imidazole rings is 1. The van der Waals surface area contributed by atoms with Crippen molar-refractivity contribution in [3.05, 3.63) is 72.9 Å². The van der Waals surface area contributed by atoms with Gasteiger partial charge in [0.2, 0.25) is 0 Å². The molecule has 0 aliphatic rings. The van der Waals surface area contributed by atoms with Gasteiger partial charge in [-0.3, -0.25) is 9.38 Å². The zero-order chi connectivity index (χ0) is 16.3. The Morgan fingerprint density at radius 2 is 1.79 bits per heavy atom. The second kappa shape index (κ2) is 4.65. The van der Waals surface area contributed by atoms with Crippen LogP contribution in [-0.2, 0) is 0 Å². The second-order valence-electron chi connectivity index (χ2n) is 6.14. The van der Waals surface area contributed by atoms with Gasteiger partial charge in [-0.2, -0.15) is 0 Å². The van der Waals surface area contributed by atoms with E-state index in [0.29, 0.717) is 0 Å². The van der Waals surface area contributed by atoms with Crippen molar-refractivity contribution in [2.45, 2.75) is 6.92 Å². The van der Waals surface area contributed by atoms with Gasteiger partial charge in [-0.05, 0) is 42.8 Å². The van der Waals surface area contributed by atoms with Crippen LogP contribution >= 0.6 is 0 Å². The van der Waals surface area contributed by atoms with Gasteiger partial charge in [0.25, 0.3) is 0 Å². The van der Waals surface area contributed by atoms with Gasteiger partial charge >= 0.3 is 0 Å². The molecule has 5 rings (SSSR count). The summed E-state index contributed by atoms with van der Waals surface area (Å²) in [6.07, 6.45) is 1.84. The molecule has 3 nitrogen and oxygen atoms in total. The molecule has 0 saturated heterocycles. The van der Waals surface area contributed by atoms with Crippen molar-refractivity contribution in [2.24, 2.45) is 0 Å². The summed E-state index contributed by atoms with van der Waals surface area (Å²) in [7, 11) is 0. The fraction of sp³-hybridized carbons (Fsp3) is 0.0476. The molecular formula is C21H15N3. The van der Waals surface area contributed by atoms with Crippen LogP contribution in [-0.4, -0.2) is 14.4 Å². The predicted octanol–water partition coefficient (Wildman–Crippen LogP) is 5.22. The van der Waals surface area contributed by atoms with Crippen molar-refractivity contribution in [1.82, 2.24) is 14.4 Å². The Balaban J connectivity index is 2.22. The highest BCUT2D eigenvalue weighted by atomic mass is 15.0. The highest BCUT2D eigenvalue weighted by Gasteiger charge is 2.16. The minimum Gasteiger partial charge on any atom is -0.292 e. The van der Waals surface area contributed by atoms with Crippen molar-refractivity contribution in [3.63, 3.8) is 0 Å². The Morgan fingerprint density at radius 3 is 2.67 bits per heavy atom. The molecule has 0 saturated carbocycles. The quantitative estimate of drug-likeness (QED) is 0.397. The normalized spacial score (nSPS) is 11.7. The number of fused-ring (bicyclic) bond motifs is 8. The molecule has 0 aliphatic heterocycles. The first-order chi connectivity index (χ1) is 11.8. The van der Waals surface area contributed by atoms with Crippen LogP contribution in [0, 0.1) is 0 Å². The van der Waals surface area contributed by atoms with E-state index < -0.39 is 0 Å². The monoisotopic (exact) mass is 309 g/mol. The van der Waals surface area contributed by atoms with E-state index in [9.17, 15) is 0 Å². The largest absolute Gasteiger partial charge is 0.292 e. The molecule has 0 bridgehead atoms. The number of rotatable bonds is 1. The van der Waals surface area contributed by atoms with E-state index in [1.165, 1.54) is 0 Å². The zero-order valence-electron chi connectivity index (χ0n) is 13.3. The summed E-state index contributed by atoms with van der Waals surface area (Å²) in [6, 6.07) is 18.6. The van der Waals surface area contributed by atoms with E-state index in [4.69, 9.17) is 4.98 Å². The molecule has 0 N–H and O–H groups in total. The molecule has 2 aromatic carbocycles. The fourth-order valence-electron chi connectivity index (χ4n) is 3.57. The van der Waals surface area contributed by atoms with Crippen LogP contribution in [0.1, 0.15) is 12.5 Å². The van der Waals surface area contributed by atoms with Gasteiger partial charge in [-0.1, -0.05) is 36.4 Å². The molecule has 3 heteroatoms. The number of benzene rings is 2. The Hall–Kier alpha value is -3.20.